The molecule has 6 heteroatoms. The van der Waals surface area contributed by atoms with Crippen molar-refractivity contribution in [1.29, 1.82) is 0 Å². The van der Waals surface area contributed by atoms with E-state index >= 15 is 0 Å². The molecule has 0 saturated carbocycles. The zero-order valence-corrected chi connectivity index (χ0v) is 15.1. The van der Waals surface area contributed by atoms with Crippen molar-refractivity contribution in [1.82, 2.24) is 9.88 Å². The standard InChI is InChI=1S/C20H22FN3O2/c1-13(12-17-6-4-5-11-22-17)24(3)20(25)19-14(2)18(23-26-19)15-7-9-16(21)10-8-15/h4-11,13-14,19H,12H2,1-3H3/t13-,14-,19+/m1/s1. The molecular weight excluding hydrogens is 333 g/mol. The lowest BCUT2D eigenvalue weighted by Crippen LogP contribution is -2.45. The van der Waals surface area contributed by atoms with Gasteiger partial charge in [-0.25, -0.2) is 4.39 Å². The van der Waals surface area contributed by atoms with Gasteiger partial charge in [0.2, 0.25) is 6.10 Å². The normalized spacial score (nSPS) is 20.2. The molecule has 0 N–H and O–H groups in total. The highest BCUT2D eigenvalue weighted by molar-refractivity contribution is 6.05. The third kappa shape index (κ3) is 3.74. The summed E-state index contributed by atoms with van der Waals surface area (Å²) in [5.74, 6) is -0.643. The number of nitrogens with zero attached hydrogens (tertiary/aromatic N) is 3. The molecule has 0 radical (unpaired) electrons. The minimum absolute atomic E-state index is 0.0249. The van der Waals surface area contributed by atoms with Crippen LogP contribution in [0.15, 0.2) is 53.8 Å². The van der Waals surface area contributed by atoms with Crippen LogP contribution in [-0.4, -0.2) is 40.7 Å². The van der Waals surface area contributed by atoms with Crippen LogP contribution in [0, 0.1) is 11.7 Å². The van der Waals surface area contributed by atoms with Crippen molar-refractivity contribution in [2.75, 3.05) is 7.05 Å². The highest BCUT2D eigenvalue weighted by Crippen LogP contribution is 2.25. The van der Waals surface area contributed by atoms with Crippen LogP contribution < -0.4 is 0 Å². The van der Waals surface area contributed by atoms with Gasteiger partial charge in [-0.05, 0) is 36.8 Å². The van der Waals surface area contributed by atoms with Crippen LogP contribution in [0.4, 0.5) is 4.39 Å². The van der Waals surface area contributed by atoms with Gasteiger partial charge in [0.15, 0.2) is 0 Å². The summed E-state index contributed by atoms with van der Waals surface area (Å²) in [6.45, 7) is 3.88. The zero-order chi connectivity index (χ0) is 18.7. The molecule has 0 spiro atoms. The highest BCUT2D eigenvalue weighted by atomic mass is 19.1. The Bertz CT molecular complexity index is 792. The minimum atomic E-state index is -0.675. The predicted octanol–water partition coefficient (Wildman–Crippen LogP) is 3.05. The fourth-order valence-electron chi connectivity index (χ4n) is 3.00. The Hall–Kier alpha value is -2.76. The van der Waals surface area contributed by atoms with Crippen LogP contribution in [0.25, 0.3) is 0 Å². The van der Waals surface area contributed by atoms with E-state index in [1.54, 1.807) is 30.3 Å². The largest absolute Gasteiger partial charge is 0.381 e. The van der Waals surface area contributed by atoms with Crippen molar-refractivity contribution in [3.05, 3.63) is 65.7 Å². The Balaban J connectivity index is 1.65. The Morgan fingerprint density at radius 2 is 2.00 bits per heavy atom. The van der Waals surface area contributed by atoms with Gasteiger partial charge < -0.3 is 9.74 Å². The Morgan fingerprint density at radius 1 is 1.27 bits per heavy atom. The van der Waals surface area contributed by atoms with Gasteiger partial charge >= 0.3 is 0 Å². The summed E-state index contributed by atoms with van der Waals surface area (Å²) in [4.78, 5) is 24.3. The molecule has 1 aliphatic heterocycles. The van der Waals surface area contributed by atoms with Crippen molar-refractivity contribution in [2.24, 2.45) is 11.1 Å². The number of halogens is 1. The first-order valence-electron chi connectivity index (χ1n) is 8.63. The number of pyridine rings is 1. The second kappa shape index (κ2) is 7.64. The van der Waals surface area contributed by atoms with Crippen LogP contribution in [0.2, 0.25) is 0 Å². The monoisotopic (exact) mass is 355 g/mol. The quantitative estimate of drug-likeness (QED) is 0.828. The number of likely N-dealkylation sites (N-methyl/N-ethyl adjacent to an activating group) is 1. The second-order valence-corrected chi connectivity index (χ2v) is 6.62. The average Bonchev–Trinajstić information content (AvgIpc) is 3.03. The summed E-state index contributed by atoms with van der Waals surface area (Å²) in [5.41, 5.74) is 2.36. The van der Waals surface area contributed by atoms with E-state index in [1.165, 1.54) is 12.1 Å². The minimum Gasteiger partial charge on any atom is -0.381 e. The number of carbonyl (C=O) groups is 1. The lowest BCUT2D eigenvalue weighted by atomic mass is 9.93. The van der Waals surface area contributed by atoms with Crippen LogP contribution in [0.5, 0.6) is 0 Å². The molecule has 0 aliphatic carbocycles. The maximum atomic E-state index is 13.1. The summed E-state index contributed by atoms with van der Waals surface area (Å²) in [6.07, 6.45) is 1.73. The van der Waals surface area contributed by atoms with Gasteiger partial charge in [0.25, 0.3) is 5.91 Å². The second-order valence-electron chi connectivity index (χ2n) is 6.62. The maximum Gasteiger partial charge on any atom is 0.267 e. The van der Waals surface area contributed by atoms with Gasteiger partial charge in [-0.2, -0.15) is 0 Å². The first-order valence-corrected chi connectivity index (χ1v) is 8.63. The van der Waals surface area contributed by atoms with E-state index in [-0.39, 0.29) is 23.7 Å². The first-order chi connectivity index (χ1) is 12.5. The van der Waals surface area contributed by atoms with Crippen molar-refractivity contribution >= 4 is 11.6 Å². The van der Waals surface area contributed by atoms with Crippen molar-refractivity contribution < 1.29 is 14.0 Å². The smallest absolute Gasteiger partial charge is 0.267 e. The highest BCUT2D eigenvalue weighted by Gasteiger charge is 2.39. The number of hydrogen-bond donors (Lipinski definition) is 0. The maximum absolute atomic E-state index is 13.1. The molecule has 1 amide bonds. The average molecular weight is 355 g/mol. The van der Waals surface area contributed by atoms with E-state index in [4.69, 9.17) is 4.84 Å². The SMILES string of the molecule is C[C@@H]1C(c2ccc(F)cc2)=NO[C@@H]1C(=O)N(C)[C@H](C)Cc1ccccn1. The molecule has 0 saturated heterocycles. The molecule has 0 fully saturated rings. The van der Waals surface area contributed by atoms with Gasteiger partial charge in [0, 0.05) is 31.4 Å². The number of rotatable bonds is 5. The summed E-state index contributed by atoms with van der Waals surface area (Å²) in [7, 11) is 1.77. The fourth-order valence-corrected chi connectivity index (χ4v) is 3.00. The van der Waals surface area contributed by atoms with Gasteiger partial charge in [0.1, 0.15) is 5.82 Å². The molecule has 136 valence electrons. The number of hydrogen-bond acceptors (Lipinski definition) is 4. The van der Waals surface area contributed by atoms with Crippen molar-refractivity contribution in [3.8, 4) is 0 Å². The molecule has 1 aromatic carbocycles. The molecule has 3 atom stereocenters. The third-order valence-corrected chi connectivity index (χ3v) is 4.77. The van der Waals surface area contributed by atoms with E-state index in [0.717, 1.165) is 11.3 Å². The van der Waals surface area contributed by atoms with E-state index < -0.39 is 6.10 Å². The van der Waals surface area contributed by atoms with Crippen molar-refractivity contribution in [3.63, 3.8) is 0 Å². The number of carbonyl (C=O) groups excluding carboxylic acids is 1. The number of aromatic nitrogens is 1. The molecule has 0 bridgehead atoms. The van der Waals surface area contributed by atoms with E-state index in [0.29, 0.717) is 12.1 Å². The van der Waals surface area contributed by atoms with E-state index in [9.17, 15) is 9.18 Å². The molecule has 5 nitrogen and oxygen atoms in total. The zero-order valence-electron chi connectivity index (χ0n) is 15.1. The van der Waals surface area contributed by atoms with Gasteiger partial charge in [-0.3, -0.25) is 9.78 Å². The molecule has 1 aliphatic rings. The molecule has 26 heavy (non-hydrogen) atoms. The predicted molar refractivity (Wildman–Crippen MR) is 97.1 cm³/mol. The molecule has 0 unspecified atom stereocenters. The molecular formula is C20H22FN3O2. The van der Waals surface area contributed by atoms with Crippen LogP contribution in [0.1, 0.15) is 25.1 Å². The summed E-state index contributed by atoms with van der Waals surface area (Å²) >= 11 is 0. The summed E-state index contributed by atoms with van der Waals surface area (Å²) in [5, 5.41) is 4.08. The van der Waals surface area contributed by atoms with Crippen molar-refractivity contribution in [2.45, 2.75) is 32.4 Å². The Labute approximate surface area is 152 Å². The fraction of sp³-hybridized carbons (Fsp3) is 0.350. The van der Waals surface area contributed by atoms with Gasteiger partial charge in [0.05, 0.1) is 11.6 Å². The van der Waals surface area contributed by atoms with Crippen LogP contribution in [-0.2, 0) is 16.1 Å². The summed E-state index contributed by atoms with van der Waals surface area (Å²) < 4.78 is 13.1. The number of oxime groups is 1. The van der Waals surface area contributed by atoms with Crippen LogP contribution in [0.3, 0.4) is 0 Å². The Kier molecular flexibility index (Phi) is 5.30. The van der Waals surface area contributed by atoms with E-state index in [1.807, 2.05) is 32.0 Å². The summed E-state index contributed by atoms with van der Waals surface area (Å²) in [6, 6.07) is 11.8. The Morgan fingerprint density at radius 3 is 2.65 bits per heavy atom. The molecule has 2 heterocycles. The molecule has 3 rings (SSSR count). The molecule has 2 aromatic rings. The lowest BCUT2D eigenvalue weighted by molar-refractivity contribution is -0.144. The molecule has 1 aromatic heterocycles. The first kappa shape index (κ1) is 18.0. The van der Waals surface area contributed by atoms with E-state index in [2.05, 4.69) is 10.1 Å². The number of amides is 1. The number of benzene rings is 1. The lowest BCUT2D eigenvalue weighted by Gasteiger charge is -2.27. The van der Waals surface area contributed by atoms with Crippen LogP contribution >= 0.6 is 0 Å². The third-order valence-electron chi connectivity index (χ3n) is 4.77. The topological polar surface area (TPSA) is 54.8 Å². The van der Waals surface area contributed by atoms with Gasteiger partial charge in [-0.15, -0.1) is 0 Å². The van der Waals surface area contributed by atoms with Gasteiger partial charge in [-0.1, -0.05) is 30.3 Å².